The Morgan fingerprint density at radius 2 is 1.77 bits per heavy atom. The molecule has 0 unspecified atom stereocenters. The number of carbonyl (C=O) groups is 1. The van der Waals surface area contributed by atoms with Gasteiger partial charge in [-0.05, 0) is 37.8 Å². The number of nitrogens with zero attached hydrogens (tertiary/aromatic N) is 6. The van der Waals surface area contributed by atoms with Crippen LogP contribution in [0, 0.1) is 12.8 Å². The van der Waals surface area contributed by atoms with Crippen LogP contribution in [0.2, 0.25) is 0 Å². The van der Waals surface area contributed by atoms with Gasteiger partial charge in [0.1, 0.15) is 11.6 Å². The number of aryl methyl sites for hydroxylation is 1. The van der Waals surface area contributed by atoms with Crippen LogP contribution in [-0.4, -0.2) is 56.7 Å². The van der Waals surface area contributed by atoms with Gasteiger partial charge in [0.2, 0.25) is 5.91 Å². The largest absolute Gasteiger partial charge is 0.352 e. The molecule has 0 N–H and O–H groups in total. The number of aromatic nitrogens is 4. The van der Waals surface area contributed by atoms with Crippen molar-refractivity contribution in [2.75, 3.05) is 31.1 Å². The Balaban J connectivity index is 1.50. The topological polar surface area (TPSA) is 67.2 Å². The van der Waals surface area contributed by atoms with Crippen LogP contribution in [0.15, 0.2) is 30.3 Å². The highest BCUT2D eigenvalue weighted by atomic mass is 16.2. The number of hydrogen-bond acceptors (Lipinski definition) is 5. The summed E-state index contributed by atoms with van der Waals surface area (Å²) in [6.07, 6.45) is 2.92. The molecule has 0 atom stereocenters. The van der Waals surface area contributed by atoms with Gasteiger partial charge in [-0.2, -0.15) is 5.10 Å². The fourth-order valence-corrected chi connectivity index (χ4v) is 4.33. The minimum absolute atomic E-state index is 0.259. The highest BCUT2D eigenvalue weighted by molar-refractivity contribution is 5.91. The Labute approximate surface area is 183 Å². The number of anilines is 1. The molecule has 0 bridgehead atoms. The molecule has 2 aromatic heterocycles. The molecule has 5 rings (SSSR count). The molecule has 3 heterocycles. The lowest BCUT2D eigenvalue weighted by atomic mass is 10.1. The maximum Gasteiger partial charge on any atom is 0.222 e. The number of fused-ring (bicyclic) bond motifs is 1. The highest BCUT2D eigenvalue weighted by Gasteiger charge is 2.31. The minimum Gasteiger partial charge on any atom is -0.352 e. The van der Waals surface area contributed by atoms with Gasteiger partial charge in [0.15, 0.2) is 5.65 Å². The van der Waals surface area contributed by atoms with E-state index in [2.05, 4.69) is 30.9 Å². The predicted octanol–water partition coefficient (Wildman–Crippen LogP) is 3.70. The summed E-state index contributed by atoms with van der Waals surface area (Å²) in [4.78, 5) is 26.8. The van der Waals surface area contributed by atoms with Crippen molar-refractivity contribution in [1.82, 2.24) is 24.6 Å². The van der Waals surface area contributed by atoms with Gasteiger partial charge in [-0.25, -0.2) is 14.6 Å². The third kappa shape index (κ3) is 3.89. The van der Waals surface area contributed by atoms with Crippen molar-refractivity contribution in [1.29, 1.82) is 0 Å². The molecule has 1 amide bonds. The van der Waals surface area contributed by atoms with Crippen molar-refractivity contribution in [3.8, 4) is 5.69 Å². The van der Waals surface area contributed by atoms with Crippen molar-refractivity contribution >= 4 is 22.8 Å². The molecular formula is C24H30N6O. The second kappa shape index (κ2) is 7.94. The van der Waals surface area contributed by atoms with Crippen LogP contribution in [0.3, 0.4) is 0 Å². The van der Waals surface area contributed by atoms with Crippen LogP contribution in [-0.2, 0) is 4.79 Å². The third-order valence-corrected chi connectivity index (χ3v) is 6.16. The Hall–Kier alpha value is -2.96. The number of piperazine rings is 1. The quantitative estimate of drug-likeness (QED) is 0.632. The van der Waals surface area contributed by atoms with Crippen LogP contribution in [0.5, 0.6) is 0 Å². The monoisotopic (exact) mass is 418 g/mol. The zero-order valence-corrected chi connectivity index (χ0v) is 18.6. The molecule has 7 heteroatoms. The fraction of sp³-hybridized carbons (Fsp3) is 0.500. The van der Waals surface area contributed by atoms with Crippen molar-refractivity contribution in [3.63, 3.8) is 0 Å². The summed E-state index contributed by atoms with van der Waals surface area (Å²) >= 11 is 0. The normalized spacial score (nSPS) is 17.0. The van der Waals surface area contributed by atoms with Gasteiger partial charge in [0.05, 0.1) is 16.8 Å². The van der Waals surface area contributed by atoms with E-state index in [4.69, 9.17) is 15.1 Å². The predicted molar refractivity (Wildman–Crippen MR) is 122 cm³/mol. The second-order valence-corrected chi connectivity index (χ2v) is 9.18. The molecule has 1 saturated carbocycles. The van der Waals surface area contributed by atoms with Gasteiger partial charge in [-0.3, -0.25) is 4.79 Å². The van der Waals surface area contributed by atoms with Crippen LogP contribution in [0.25, 0.3) is 16.7 Å². The number of rotatable bonds is 5. The van der Waals surface area contributed by atoms with Crippen LogP contribution < -0.4 is 4.90 Å². The molecule has 3 aromatic rings. The van der Waals surface area contributed by atoms with Crippen LogP contribution >= 0.6 is 0 Å². The van der Waals surface area contributed by atoms with Crippen molar-refractivity contribution in [3.05, 3.63) is 41.9 Å². The molecule has 0 radical (unpaired) electrons. The molecule has 7 nitrogen and oxygen atoms in total. The van der Waals surface area contributed by atoms with Gasteiger partial charge >= 0.3 is 0 Å². The average Bonchev–Trinajstić information content (AvgIpc) is 3.57. The average molecular weight is 419 g/mol. The summed E-state index contributed by atoms with van der Waals surface area (Å²) in [6, 6.07) is 10.2. The molecule has 2 fully saturated rings. The lowest BCUT2D eigenvalue weighted by Gasteiger charge is -2.36. The first kappa shape index (κ1) is 20.0. The first-order chi connectivity index (χ1) is 15.0. The summed E-state index contributed by atoms with van der Waals surface area (Å²) in [7, 11) is 0. The number of benzene rings is 1. The standard InChI is InChI=1S/C24H30N6O/c1-16(2)15-20(31)28-11-13-29(14-12-28)23-21-17(3)27-30(19-7-5-4-6-8-19)24(21)26-22(25-23)18-9-10-18/h4-8,16,18H,9-15H2,1-3H3. The zero-order valence-electron chi connectivity index (χ0n) is 18.6. The van der Waals surface area contributed by atoms with Crippen molar-refractivity contribution < 1.29 is 4.79 Å². The molecule has 162 valence electrons. The maximum absolute atomic E-state index is 12.5. The molecule has 2 aliphatic rings. The number of carbonyl (C=O) groups excluding carboxylic acids is 1. The van der Waals surface area contributed by atoms with E-state index >= 15 is 0 Å². The summed E-state index contributed by atoms with van der Waals surface area (Å²) in [5, 5.41) is 5.86. The number of hydrogen-bond donors (Lipinski definition) is 0. The van der Waals surface area contributed by atoms with E-state index in [1.54, 1.807) is 0 Å². The summed E-state index contributed by atoms with van der Waals surface area (Å²) in [6.45, 7) is 9.28. The van der Waals surface area contributed by atoms with Gasteiger partial charge in [-0.15, -0.1) is 0 Å². The Bertz CT molecular complexity index is 1090. The first-order valence-corrected chi connectivity index (χ1v) is 11.4. The SMILES string of the molecule is Cc1nn(-c2ccccc2)c2nc(C3CC3)nc(N3CCN(C(=O)CC(C)C)CC3)c12. The van der Waals surface area contributed by atoms with E-state index in [0.29, 0.717) is 18.3 Å². The van der Waals surface area contributed by atoms with E-state index in [0.717, 1.165) is 73.1 Å². The molecule has 1 saturated heterocycles. The van der Waals surface area contributed by atoms with E-state index in [1.807, 2.05) is 34.7 Å². The summed E-state index contributed by atoms with van der Waals surface area (Å²) in [5.74, 6) is 3.01. The van der Waals surface area contributed by atoms with E-state index in [9.17, 15) is 4.79 Å². The van der Waals surface area contributed by atoms with Gasteiger partial charge in [-0.1, -0.05) is 32.0 Å². The third-order valence-electron chi connectivity index (χ3n) is 6.16. The highest BCUT2D eigenvalue weighted by Crippen LogP contribution is 2.40. The molecule has 31 heavy (non-hydrogen) atoms. The first-order valence-electron chi connectivity index (χ1n) is 11.4. The summed E-state index contributed by atoms with van der Waals surface area (Å²) in [5.41, 5.74) is 2.83. The second-order valence-electron chi connectivity index (χ2n) is 9.18. The molecule has 1 aromatic carbocycles. The Morgan fingerprint density at radius 3 is 2.42 bits per heavy atom. The maximum atomic E-state index is 12.5. The molecule has 1 aliphatic carbocycles. The molecule has 1 aliphatic heterocycles. The summed E-state index contributed by atoms with van der Waals surface area (Å²) < 4.78 is 1.95. The lowest BCUT2D eigenvalue weighted by molar-refractivity contribution is -0.132. The smallest absolute Gasteiger partial charge is 0.222 e. The van der Waals surface area contributed by atoms with Crippen LogP contribution in [0.1, 0.15) is 50.5 Å². The van der Waals surface area contributed by atoms with Gasteiger partial charge < -0.3 is 9.80 Å². The van der Waals surface area contributed by atoms with Gasteiger partial charge in [0, 0.05) is 38.5 Å². The van der Waals surface area contributed by atoms with Crippen molar-refractivity contribution in [2.24, 2.45) is 5.92 Å². The molecular weight excluding hydrogens is 388 g/mol. The fourth-order valence-electron chi connectivity index (χ4n) is 4.33. The zero-order chi connectivity index (χ0) is 21.5. The Kier molecular flexibility index (Phi) is 5.12. The molecule has 0 spiro atoms. The number of amides is 1. The van der Waals surface area contributed by atoms with Crippen LogP contribution in [0.4, 0.5) is 5.82 Å². The van der Waals surface area contributed by atoms with Gasteiger partial charge in [0.25, 0.3) is 0 Å². The van der Waals surface area contributed by atoms with E-state index in [1.165, 1.54) is 0 Å². The van der Waals surface area contributed by atoms with E-state index in [-0.39, 0.29) is 5.91 Å². The lowest BCUT2D eigenvalue weighted by Crippen LogP contribution is -2.49. The Morgan fingerprint density at radius 1 is 1.06 bits per heavy atom. The minimum atomic E-state index is 0.259. The van der Waals surface area contributed by atoms with Crippen molar-refractivity contribution in [2.45, 2.75) is 46.0 Å². The number of para-hydroxylation sites is 1. The van der Waals surface area contributed by atoms with E-state index < -0.39 is 0 Å².